The highest BCUT2D eigenvalue weighted by atomic mass is 16.2. The molecule has 1 atom stereocenters. The van der Waals surface area contributed by atoms with Crippen molar-refractivity contribution in [1.82, 2.24) is 5.32 Å². The van der Waals surface area contributed by atoms with Gasteiger partial charge in [-0.25, -0.2) is 0 Å². The number of carbonyl (C=O) groups is 2. The molecule has 0 bridgehead atoms. The molecule has 0 aliphatic carbocycles. The van der Waals surface area contributed by atoms with Crippen LogP contribution in [0.2, 0.25) is 0 Å². The van der Waals surface area contributed by atoms with Crippen molar-refractivity contribution in [2.45, 2.75) is 47.1 Å². The molecule has 0 radical (unpaired) electrons. The van der Waals surface area contributed by atoms with Crippen molar-refractivity contribution < 1.29 is 9.59 Å². The van der Waals surface area contributed by atoms with E-state index < -0.39 is 0 Å². The number of benzene rings is 1. The highest BCUT2D eigenvalue weighted by Gasteiger charge is 2.18. The van der Waals surface area contributed by atoms with E-state index in [9.17, 15) is 9.59 Å². The second-order valence-corrected chi connectivity index (χ2v) is 5.27. The van der Waals surface area contributed by atoms with Gasteiger partial charge in [0.1, 0.15) is 6.54 Å². The molecule has 0 saturated carbocycles. The second kappa shape index (κ2) is 7.08. The minimum Gasteiger partial charge on any atom is -0.352 e. The molecule has 110 valence electrons. The first-order valence-electron chi connectivity index (χ1n) is 6.99. The number of rotatable bonds is 5. The van der Waals surface area contributed by atoms with Crippen LogP contribution >= 0.6 is 0 Å². The molecule has 0 saturated heterocycles. The van der Waals surface area contributed by atoms with Crippen LogP contribution in [0.4, 0.5) is 5.69 Å². The average molecular weight is 276 g/mol. The largest absolute Gasteiger partial charge is 0.352 e. The van der Waals surface area contributed by atoms with Crippen LogP contribution in [0.15, 0.2) is 18.2 Å². The molecule has 0 aliphatic heterocycles. The van der Waals surface area contributed by atoms with Gasteiger partial charge < -0.3 is 10.2 Å². The van der Waals surface area contributed by atoms with E-state index in [0.717, 1.165) is 23.2 Å². The van der Waals surface area contributed by atoms with E-state index in [-0.39, 0.29) is 24.4 Å². The van der Waals surface area contributed by atoms with E-state index in [2.05, 4.69) is 5.32 Å². The number of carbonyl (C=O) groups excluding carboxylic acids is 2. The summed E-state index contributed by atoms with van der Waals surface area (Å²) >= 11 is 0. The molecule has 4 heteroatoms. The fraction of sp³-hybridized carbons (Fsp3) is 0.500. The number of hydrogen-bond acceptors (Lipinski definition) is 2. The molecule has 0 spiro atoms. The summed E-state index contributed by atoms with van der Waals surface area (Å²) in [6.07, 6.45) is 0.870. The van der Waals surface area contributed by atoms with E-state index in [1.807, 2.05) is 45.9 Å². The molecule has 2 amide bonds. The van der Waals surface area contributed by atoms with E-state index in [4.69, 9.17) is 0 Å². The molecule has 0 heterocycles. The summed E-state index contributed by atoms with van der Waals surface area (Å²) < 4.78 is 0. The Morgan fingerprint density at radius 2 is 1.95 bits per heavy atom. The quantitative estimate of drug-likeness (QED) is 0.898. The molecule has 1 aromatic carbocycles. The van der Waals surface area contributed by atoms with Crippen molar-refractivity contribution in [3.8, 4) is 0 Å². The Hall–Kier alpha value is -1.84. The lowest BCUT2D eigenvalue weighted by atomic mass is 10.1. The normalized spacial score (nSPS) is 11.8. The summed E-state index contributed by atoms with van der Waals surface area (Å²) in [6.45, 7) is 9.42. The maximum Gasteiger partial charge on any atom is 0.240 e. The van der Waals surface area contributed by atoms with E-state index in [0.29, 0.717) is 0 Å². The van der Waals surface area contributed by atoms with E-state index in [1.165, 1.54) is 11.8 Å². The smallest absolute Gasteiger partial charge is 0.240 e. The van der Waals surface area contributed by atoms with Gasteiger partial charge in [-0.05, 0) is 44.4 Å². The Kier molecular flexibility index (Phi) is 5.74. The topological polar surface area (TPSA) is 49.4 Å². The SMILES string of the molecule is CCC(C)NC(=O)CN(C(C)=O)c1cc(C)ccc1C. The Morgan fingerprint density at radius 1 is 1.30 bits per heavy atom. The Labute approximate surface area is 121 Å². The molecular formula is C16H24N2O2. The predicted molar refractivity (Wildman–Crippen MR) is 81.8 cm³/mol. The zero-order valence-corrected chi connectivity index (χ0v) is 13.0. The maximum atomic E-state index is 12.0. The molecule has 1 aromatic rings. The van der Waals surface area contributed by atoms with Crippen LogP contribution < -0.4 is 10.2 Å². The lowest BCUT2D eigenvalue weighted by Crippen LogP contribution is -2.43. The van der Waals surface area contributed by atoms with Crippen molar-refractivity contribution >= 4 is 17.5 Å². The molecule has 1 rings (SSSR count). The van der Waals surface area contributed by atoms with Crippen LogP contribution in [0.1, 0.15) is 38.3 Å². The van der Waals surface area contributed by atoms with Crippen LogP contribution in [0.3, 0.4) is 0 Å². The predicted octanol–water partition coefficient (Wildman–Crippen LogP) is 2.57. The Bertz CT molecular complexity index is 497. The minimum atomic E-state index is -0.129. The van der Waals surface area contributed by atoms with Crippen LogP contribution in [0.5, 0.6) is 0 Å². The van der Waals surface area contributed by atoms with Crippen LogP contribution in [0, 0.1) is 13.8 Å². The lowest BCUT2D eigenvalue weighted by molar-refractivity contribution is -0.123. The lowest BCUT2D eigenvalue weighted by Gasteiger charge is -2.24. The third kappa shape index (κ3) is 4.37. The zero-order valence-electron chi connectivity index (χ0n) is 13.0. The van der Waals surface area contributed by atoms with Crippen LogP contribution in [-0.2, 0) is 9.59 Å². The number of aryl methyl sites for hydroxylation is 2. The summed E-state index contributed by atoms with van der Waals surface area (Å²) in [4.78, 5) is 25.4. The molecule has 0 aliphatic rings. The van der Waals surface area contributed by atoms with Gasteiger partial charge in [0.2, 0.25) is 11.8 Å². The third-order valence-corrected chi connectivity index (χ3v) is 3.36. The summed E-state index contributed by atoms with van der Waals surface area (Å²) in [5.74, 6) is -0.256. The van der Waals surface area contributed by atoms with E-state index in [1.54, 1.807) is 0 Å². The van der Waals surface area contributed by atoms with Gasteiger partial charge in [-0.3, -0.25) is 9.59 Å². The highest BCUT2D eigenvalue weighted by Crippen LogP contribution is 2.21. The standard InChI is InChI=1S/C16H24N2O2/c1-6-13(4)17-16(20)10-18(14(5)19)15-9-11(2)7-8-12(15)3/h7-9,13H,6,10H2,1-5H3,(H,17,20). The summed E-state index contributed by atoms with van der Waals surface area (Å²) in [5, 5.41) is 2.89. The van der Waals surface area contributed by atoms with Gasteiger partial charge in [0.25, 0.3) is 0 Å². The van der Waals surface area contributed by atoms with Crippen LogP contribution in [0.25, 0.3) is 0 Å². The number of anilines is 1. The van der Waals surface area contributed by atoms with Crippen LogP contribution in [-0.4, -0.2) is 24.4 Å². The monoisotopic (exact) mass is 276 g/mol. The average Bonchev–Trinajstić information content (AvgIpc) is 2.38. The van der Waals surface area contributed by atoms with E-state index >= 15 is 0 Å². The molecular weight excluding hydrogens is 252 g/mol. The summed E-state index contributed by atoms with van der Waals surface area (Å²) in [7, 11) is 0. The Balaban J connectivity index is 2.92. The third-order valence-electron chi connectivity index (χ3n) is 3.36. The fourth-order valence-corrected chi connectivity index (χ4v) is 1.94. The first kappa shape index (κ1) is 16.2. The minimum absolute atomic E-state index is 0.0595. The molecule has 4 nitrogen and oxygen atoms in total. The number of amides is 2. The maximum absolute atomic E-state index is 12.0. The van der Waals surface area contributed by atoms with Crippen molar-refractivity contribution in [1.29, 1.82) is 0 Å². The van der Waals surface area contributed by atoms with Crippen molar-refractivity contribution in [3.05, 3.63) is 29.3 Å². The number of nitrogens with zero attached hydrogens (tertiary/aromatic N) is 1. The molecule has 20 heavy (non-hydrogen) atoms. The second-order valence-electron chi connectivity index (χ2n) is 5.27. The molecule has 0 fully saturated rings. The van der Waals surface area contributed by atoms with Gasteiger partial charge in [-0.2, -0.15) is 0 Å². The van der Waals surface area contributed by atoms with Gasteiger partial charge in [0, 0.05) is 18.7 Å². The number of nitrogens with one attached hydrogen (secondary N) is 1. The van der Waals surface area contributed by atoms with Gasteiger partial charge >= 0.3 is 0 Å². The van der Waals surface area contributed by atoms with Gasteiger partial charge in [-0.1, -0.05) is 19.1 Å². The number of hydrogen-bond donors (Lipinski definition) is 1. The zero-order chi connectivity index (χ0) is 15.3. The molecule has 1 N–H and O–H groups in total. The highest BCUT2D eigenvalue weighted by molar-refractivity contribution is 5.98. The van der Waals surface area contributed by atoms with Gasteiger partial charge in [0.05, 0.1) is 0 Å². The first-order valence-corrected chi connectivity index (χ1v) is 6.99. The Morgan fingerprint density at radius 3 is 2.50 bits per heavy atom. The summed E-state index contributed by atoms with van der Waals surface area (Å²) in [5.41, 5.74) is 2.86. The van der Waals surface area contributed by atoms with Gasteiger partial charge in [0.15, 0.2) is 0 Å². The summed E-state index contributed by atoms with van der Waals surface area (Å²) in [6, 6.07) is 6.02. The molecule has 1 unspecified atom stereocenters. The fourth-order valence-electron chi connectivity index (χ4n) is 1.94. The first-order chi connectivity index (χ1) is 9.35. The van der Waals surface area contributed by atoms with Gasteiger partial charge in [-0.15, -0.1) is 0 Å². The van der Waals surface area contributed by atoms with Crippen molar-refractivity contribution in [2.75, 3.05) is 11.4 Å². The van der Waals surface area contributed by atoms with Crippen molar-refractivity contribution in [3.63, 3.8) is 0 Å². The molecule has 0 aromatic heterocycles. The van der Waals surface area contributed by atoms with Crippen molar-refractivity contribution in [2.24, 2.45) is 0 Å².